The smallest absolute Gasteiger partial charge is 0.122 e. The van der Waals surface area contributed by atoms with Crippen LogP contribution in [0.3, 0.4) is 0 Å². The first-order valence-electron chi connectivity index (χ1n) is 6.80. The fourth-order valence-electron chi connectivity index (χ4n) is 2.99. The van der Waals surface area contributed by atoms with Crippen LogP contribution in [0.1, 0.15) is 38.8 Å². The van der Waals surface area contributed by atoms with E-state index in [2.05, 4.69) is 24.8 Å². The Morgan fingerprint density at radius 3 is 2.39 bits per heavy atom. The van der Waals surface area contributed by atoms with Crippen molar-refractivity contribution >= 4 is 5.69 Å². The predicted octanol–water partition coefficient (Wildman–Crippen LogP) is 2.89. The molecule has 0 spiro atoms. The second kappa shape index (κ2) is 5.19. The lowest BCUT2D eigenvalue weighted by Gasteiger charge is -2.36. The molecule has 1 heterocycles. The molecule has 0 bridgehead atoms. The molecule has 100 valence electrons. The van der Waals surface area contributed by atoms with Gasteiger partial charge in [-0.25, -0.2) is 0 Å². The molecule has 1 aromatic carbocycles. The molecule has 0 aromatic heterocycles. The van der Waals surface area contributed by atoms with Crippen molar-refractivity contribution in [2.24, 2.45) is 17.6 Å². The number of rotatable bonds is 2. The van der Waals surface area contributed by atoms with Gasteiger partial charge in [0.15, 0.2) is 0 Å². The molecule has 3 N–H and O–H groups in total. The predicted molar refractivity (Wildman–Crippen MR) is 75.9 cm³/mol. The van der Waals surface area contributed by atoms with Gasteiger partial charge in [-0.2, -0.15) is 0 Å². The highest BCUT2D eigenvalue weighted by atomic mass is 16.3. The molecule has 3 heteroatoms. The number of benzene rings is 1. The third kappa shape index (κ3) is 2.78. The van der Waals surface area contributed by atoms with Gasteiger partial charge in [0.25, 0.3) is 0 Å². The summed E-state index contributed by atoms with van der Waals surface area (Å²) >= 11 is 0. The van der Waals surface area contributed by atoms with Gasteiger partial charge in [-0.3, -0.25) is 0 Å². The number of nitrogens with zero attached hydrogens (tertiary/aromatic N) is 1. The van der Waals surface area contributed by atoms with E-state index in [0.717, 1.165) is 24.3 Å². The standard InChI is InChI=1S/C15H24N2O/c1-10-6-11(2)9-17(8-10)13-4-5-14(12(3)16)15(18)7-13/h4-5,7,10-12,18H,6,8-9,16H2,1-3H3. The molecule has 0 radical (unpaired) electrons. The Hall–Kier alpha value is -1.22. The molecule has 2 rings (SSSR count). The average Bonchev–Trinajstić information content (AvgIpc) is 2.26. The van der Waals surface area contributed by atoms with Crippen LogP contribution in [0.2, 0.25) is 0 Å². The van der Waals surface area contributed by atoms with Gasteiger partial charge in [0.1, 0.15) is 5.75 Å². The summed E-state index contributed by atoms with van der Waals surface area (Å²) in [5, 5.41) is 10.0. The quantitative estimate of drug-likeness (QED) is 0.846. The molecule has 3 unspecified atom stereocenters. The van der Waals surface area contributed by atoms with Crippen molar-refractivity contribution < 1.29 is 5.11 Å². The monoisotopic (exact) mass is 248 g/mol. The van der Waals surface area contributed by atoms with Crippen molar-refractivity contribution in [3.05, 3.63) is 23.8 Å². The summed E-state index contributed by atoms with van der Waals surface area (Å²) in [7, 11) is 0. The lowest BCUT2D eigenvalue weighted by molar-refractivity contribution is 0.356. The Balaban J connectivity index is 2.21. The molecule has 0 saturated carbocycles. The maximum Gasteiger partial charge on any atom is 0.122 e. The fourth-order valence-corrected chi connectivity index (χ4v) is 2.99. The normalized spacial score (nSPS) is 26.1. The molecular formula is C15H24N2O. The second-order valence-corrected chi connectivity index (χ2v) is 5.88. The number of aromatic hydroxyl groups is 1. The first-order chi connectivity index (χ1) is 8.47. The minimum atomic E-state index is -0.127. The van der Waals surface area contributed by atoms with Crippen LogP contribution in [0, 0.1) is 11.8 Å². The van der Waals surface area contributed by atoms with Crippen LogP contribution in [0.4, 0.5) is 5.69 Å². The van der Waals surface area contributed by atoms with Crippen molar-refractivity contribution in [2.75, 3.05) is 18.0 Å². The number of anilines is 1. The van der Waals surface area contributed by atoms with Crippen LogP contribution in [-0.4, -0.2) is 18.2 Å². The zero-order chi connectivity index (χ0) is 13.3. The van der Waals surface area contributed by atoms with Crippen LogP contribution >= 0.6 is 0 Å². The Bertz CT molecular complexity index is 407. The largest absolute Gasteiger partial charge is 0.508 e. The summed E-state index contributed by atoms with van der Waals surface area (Å²) in [5.41, 5.74) is 7.74. The summed E-state index contributed by atoms with van der Waals surface area (Å²) in [4.78, 5) is 2.36. The molecule has 18 heavy (non-hydrogen) atoms. The highest BCUT2D eigenvalue weighted by Gasteiger charge is 2.22. The number of phenols is 1. The highest BCUT2D eigenvalue weighted by molar-refractivity contribution is 5.54. The van der Waals surface area contributed by atoms with Gasteiger partial charge in [0.2, 0.25) is 0 Å². The molecule has 3 nitrogen and oxygen atoms in total. The zero-order valence-corrected chi connectivity index (χ0v) is 11.6. The van der Waals surface area contributed by atoms with Crippen molar-refractivity contribution in [3.8, 4) is 5.75 Å². The van der Waals surface area contributed by atoms with Crippen LogP contribution in [0.15, 0.2) is 18.2 Å². The van der Waals surface area contributed by atoms with Crippen molar-refractivity contribution in [1.82, 2.24) is 0 Å². The molecule has 0 aliphatic carbocycles. The molecule has 1 fully saturated rings. The van der Waals surface area contributed by atoms with Gasteiger partial charge < -0.3 is 15.7 Å². The van der Waals surface area contributed by atoms with Gasteiger partial charge in [0, 0.05) is 36.4 Å². The van der Waals surface area contributed by atoms with Gasteiger partial charge >= 0.3 is 0 Å². The van der Waals surface area contributed by atoms with E-state index in [1.807, 2.05) is 19.1 Å². The lowest BCUT2D eigenvalue weighted by atomic mass is 9.91. The van der Waals surface area contributed by atoms with E-state index in [1.165, 1.54) is 6.42 Å². The van der Waals surface area contributed by atoms with E-state index in [4.69, 9.17) is 5.73 Å². The van der Waals surface area contributed by atoms with E-state index in [9.17, 15) is 5.11 Å². The molecular weight excluding hydrogens is 224 g/mol. The van der Waals surface area contributed by atoms with Gasteiger partial charge in [-0.1, -0.05) is 19.9 Å². The maximum atomic E-state index is 10.0. The summed E-state index contributed by atoms with van der Waals surface area (Å²) in [6.07, 6.45) is 1.29. The Morgan fingerprint density at radius 2 is 1.89 bits per heavy atom. The SMILES string of the molecule is CC1CC(C)CN(c2ccc(C(C)N)c(O)c2)C1. The van der Waals surface area contributed by atoms with Gasteiger partial charge in [0.05, 0.1) is 0 Å². The third-order valence-electron chi connectivity index (χ3n) is 3.74. The second-order valence-electron chi connectivity index (χ2n) is 5.88. The zero-order valence-electron chi connectivity index (χ0n) is 11.6. The summed E-state index contributed by atoms with van der Waals surface area (Å²) in [6.45, 7) is 8.61. The van der Waals surface area contributed by atoms with Crippen LogP contribution in [0.5, 0.6) is 5.75 Å². The minimum absolute atomic E-state index is 0.127. The third-order valence-corrected chi connectivity index (χ3v) is 3.74. The molecule has 0 amide bonds. The molecule has 1 aliphatic heterocycles. The molecule has 3 atom stereocenters. The lowest BCUT2D eigenvalue weighted by Crippen LogP contribution is -2.38. The van der Waals surface area contributed by atoms with Crippen LogP contribution < -0.4 is 10.6 Å². The summed E-state index contributed by atoms with van der Waals surface area (Å²) in [5.74, 6) is 1.74. The average molecular weight is 248 g/mol. The number of hydrogen-bond donors (Lipinski definition) is 2. The number of hydrogen-bond acceptors (Lipinski definition) is 3. The van der Waals surface area contributed by atoms with Crippen molar-refractivity contribution in [3.63, 3.8) is 0 Å². The molecule has 1 aromatic rings. The van der Waals surface area contributed by atoms with Crippen LogP contribution in [-0.2, 0) is 0 Å². The van der Waals surface area contributed by atoms with E-state index in [1.54, 1.807) is 0 Å². The molecule has 1 aliphatic rings. The van der Waals surface area contributed by atoms with E-state index >= 15 is 0 Å². The maximum absolute atomic E-state index is 10.0. The number of nitrogens with two attached hydrogens (primary N) is 1. The van der Waals surface area contributed by atoms with Crippen LogP contribution in [0.25, 0.3) is 0 Å². The van der Waals surface area contributed by atoms with E-state index < -0.39 is 0 Å². The Labute approximate surface area is 110 Å². The number of piperidine rings is 1. The fraction of sp³-hybridized carbons (Fsp3) is 0.600. The van der Waals surface area contributed by atoms with E-state index in [0.29, 0.717) is 17.6 Å². The van der Waals surface area contributed by atoms with Crippen molar-refractivity contribution in [2.45, 2.75) is 33.2 Å². The topological polar surface area (TPSA) is 49.5 Å². The van der Waals surface area contributed by atoms with Crippen molar-refractivity contribution in [1.29, 1.82) is 0 Å². The minimum Gasteiger partial charge on any atom is -0.508 e. The van der Waals surface area contributed by atoms with Gasteiger partial charge in [-0.15, -0.1) is 0 Å². The van der Waals surface area contributed by atoms with Gasteiger partial charge in [-0.05, 0) is 31.2 Å². The Kier molecular flexibility index (Phi) is 3.81. The first-order valence-corrected chi connectivity index (χ1v) is 6.80. The number of phenolic OH excluding ortho intramolecular Hbond substituents is 1. The van der Waals surface area contributed by atoms with E-state index in [-0.39, 0.29) is 6.04 Å². The first kappa shape index (κ1) is 13.2. The molecule has 1 saturated heterocycles. The summed E-state index contributed by atoms with van der Waals surface area (Å²) in [6, 6.07) is 5.74. The highest BCUT2D eigenvalue weighted by Crippen LogP contribution is 2.31. The Morgan fingerprint density at radius 1 is 1.28 bits per heavy atom. The summed E-state index contributed by atoms with van der Waals surface area (Å²) < 4.78 is 0.